The smallest absolute Gasteiger partial charge is 0.350 e. The van der Waals surface area contributed by atoms with Crippen LogP contribution < -0.4 is 4.90 Å². The van der Waals surface area contributed by atoms with Crippen molar-refractivity contribution in [2.45, 2.75) is 19.9 Å². The third-order valence-corrected chi connectivity index (χ3v) is 6.74. The fourth-order valence-corrected chi connectivity index (χ4v) is 4.78. The Hall–Kier alpha value is -4.18. The van der Waals surface area contributed by atoms with Crippen molar-refractivity contribution in [1.29, 1.82) is 0 Å². The lowest BCUT2D eigenvalue weighted by Crippen LogP contribution is -2.29. The Kier molecular flexibility index (Phi) is 6.80. The molecule has 1 aromatic heterocycles. The largest absolute Gasteiger partial charge is 0.507 e. The monoisotopic (exact) mass is 510 g/mol. The molecule has 184 valence electrons. The Labute approximate surface area is 209 Å². The van der Waals surface area contributed by atoms with Gasteiger partial charge in [-0.2, -0.15) is 0 Å². The minimum Gasteiger partial charge on any atom is -0.507 e. The van der Waals surface area contributed by atoms with Crippen molar-refractivity contribution in [3.63, 3.8) is 0 Å². The third kappa shape index (κ3) is 4.31. The summed E-state index contributed by atoms with van der Waals surface area (Å²) in [6.45, 7) is 6.49. The molecule has 0 radical (unpaired) electrons. The molecule has 0 saturated carbocycles. The summed E-state index contributed by atoms with van der Waals surface area (Å²) in [5, 5.41) is 11.0. The number of nitrogens with zero attached hydrogens (tertiary/aromatic N) is 2. The number of amides is 1. The number of rotatable bonds is 6. The van der Waals surface area contributed by atoms with Gasteiger partial charge < -0.3 is 9.84 Å². The molecular formula is C26H20F2N2O5S. The summed E-state index contributed by atoms with van der Waals surface area (Å²) >= 11 is 0.786. The number of ketones is 1. The van der Waals surface area contributed by atoms with Crippen LogP contribution >= 0.6 is 11.3 Å². The van der Waals surface area contributed by atoms with E-state index in [1.54, 1.807) is 0 Å². The van der Waals surface area contributed by atoms with E-state index in [0.717, 1.165) is 28.4 Å². The number of halogens is 2. The van der Waals surface area contributed by atoms with Gasteiger partial charge in [0.15, 0.2) is 5.13 Å². The summed E-state index contributed by atoms with van der Waals surface area (Å²) in [5.74, 6) is -4.93. The Morgan fingerprint density at radius 2 is 1.92 bits per heavy atom. The summed E-state index contributed by atoms with van der Waals surface area (Å²) in [5.41, 5.74) is -0.0291. The Morgan fingerprint density at radius 1 is 1.19 bits per heavy atom. The first-order chi connectivity index (χ1) is 17.1. The van der Waals surface area contributed by atoms with Gasteiger partial charge in [0.2, 0.25) is 0 Å². The minimum absolute atomic E-state index is 0.0433. The van der Waals surface area contributed by atoms with Crippen LogP contribution in [-0.2, 0) is 14.3 Å². The highest BCUT2D eigenvalue weighted by Gasteiger charge is 2.49. The van der Waals surface area contributed by atoms with Crippen molar-refractivity contribution in [2.24, 2.45) is 0 Å². The van der Waals surface area contributed by atoms with Crippen LogP contribution in [0, 0.1) is 25.5 Å². The highest BCUT2D eigenvalue weighted by Crippen LogP contribution is 2.44. The van der Waals surface area contributed by atoms with E-state index < -0.39 is 46.7 Å². The van der Waals surface area contributed by atoms with E-state index in [9.17, 15) is 28.3 Å². The number of hydrogen-bond donors (Lipinski definition) is 1. The van der Waals surface area contributed by atoms with Crippen molar-refractivity contribution in [1.82, 2.24) is 4.98 Å². The zero-order valence-electron chi connectivity index (χ0n) is 19.2. The lowest BCUT2D eigenvalue weighted by molar-refractivity contribution is -0.132. The first-order valence-electron chi connectivity index (χ1n) is 10.7. The molecule has 1 aliphatic heterocycles. The van der Waals surface area contributed by atoms with Gasteiger partial charge >= 0.3 is 11.9 Å². The maximum absolute atomic E-state index is 15.0. The standard InChI is InChI=1S/C26H20F2N2O5S/c1-4-11-35-25(34)23-14(3)29-26(36-23)30-20(16-7-5-6-8-17(16)27)19(22(32)24(30)33)21(31)15-10-9-13(2)18(28)12-15/h4-10,12,20,31H,1,11H2,2-3H3. The lowest BCUT2D eigenvalue weighted by atomic mass is 9.94. The van der Waals surface area contributed by atoms with E-state index >= 15 is 0 Å². The molecule has 0 aliphatic carbocycles. The van der Waals surface area contributed by atoms with Crippen LogP contribution in [0.4, 0.5) is 13.9 Å². The molecule has 1 unspecified atom stereocenters. The highest BCUT2D eigenvalue weighted by molar-refractivity contribution is 7.17. The number of thiazole rings is 1. The summed E-state index contributed by atoms with van der Waals surface area (Å²) in [6, 6.07) is 7.85. The topological polar surface area (TPSA) is 96.8 Å². The molecule has 1 fully saturated rings. The predicted molar refractivity (Wildman–Crippen MR) is 130 cm³/mol. The number of aryl methyl sites for hydroxylation is 2. The number of esters is 1. The van der Waals surface area contributed by atoms with Crippen LogP contribution in [0.3, 0.4) is 0 Å². The molecule has 1 saturated heterocycles. The Morgan fingerprint density at radius 3 is 2.58 bits per heavy atom. The number of aliphatic hydroxyl groups is 1. The molecule has 4 rings (SSSR count). The first-order valence-corrected chi connectivity index (χ1v) is 11.5. The summed E-state index contributed by atoms with van der Waals surface area (Å²) < 4.78 is 34.3. The lowest BCUT2D eigenvalue weighted by Gasteiger charge is -2.23. The fourth-order valence-electron chi connectivity index (χ4n) is 3.79. The van der Waals surface area contributed by atoms with Gasteiger partial charge in [0.05, 0.1) is 11.3 Å². The molecule has 10 heteroatoms. The van der Waals surface area contributed by atoms with Gasteiger partial charge in [-0.1, -0.05) is 54.3 Å². The van der Waals surface area contributed by atoms with Gasteiger partial charge in [0, 0.05) is 11.1 Å². The second-order valence-corrected chi connectivity index (χ2v) is 8.93. The van der Waals surface area contributed by atoms with Crippen molar-refractivity contribution < 1.29 is 33.0 Å². The molecule has 0 spiro atoms. The van der Waals surface area contributed by atoms with E-state index in [1.165, 1.54) is 50.3 Å². The molecule has 3 aromatic rings. The van der Waals surface area contributed by atoms with Crippen LogP contribution in [0.1, 0.15) is 38.1 Å². The number of hydrogen-bond acceptors (Lipinski definition) is 7. The van der Waals surface area contributed by atoms with E-state index in [0.29, 0.717) is 5.56 Å². The number of anilines is 1. The molecule has 1 amide bonds. The molecule has 2 heterocycles. The number of aromatic nitrogens is 1. The third-order valence-electron chi connectivity index (χ3n) is 5.60. The van der Waals surface area contributed by atoms with Gasteiger partial charge in [-0.3, -0.25) is 14.5 Å². The maximum Gasteiger partial charge on any atom is 0.350 e. The fraction of sp³-hybridized carbons (Fsp3) is 0.154. The van der Waals surface area contributed by atoms with Gasteiger partial charge in [0.25, 0.3) is 5.78 Å². The molecule has 0 bridgehead atoms. The van der Waals surface area contributed by atoms with Crippen LogP contribution in [-0.4, -0.2) is 34.4 Å². The number of aliphatic hydroxyl groups excluding tert-OH is 1. The van der Waals surface area contributed by atoms with Crippen molar-refractivity contribution in [3.05, 3.63) is 99.6 Å². The number of ether oxygens (including phenoxy) is 1. The summed E-state index contributed by atoms with van der Waals surface area (Å²) in [6.07, 6.45) is 1.39. The van der Waals surface area contributed by atoms with Gasteiger partial charge in [-0.15, -0.1) is 0 Å². The maximum atomic E-state index is 15.0. The van der Waals surface area contributed by atoms with E-state index in [-0.39, 0.29) is 33.4 Å². The van der Waals surface area contributed by atoms with Crippen LogP contribution in [0.25, 0.3) is 5.76 Å². The molecule has 1 aliphatic rings. The molecule has 1 atom stereocenters. The Balaban J connectivity index is 1.91. The number of Topliss-reactive ketones (excluding diaryl/α,β-unsaturated/α-hetero) is 1. The molecule has 7 nitrogen and oxygen atoms in total. The van der Waals surface area contributed by atoms with Crippen LogP contribution in [0.2, 0.25) is 0 Å². The first kappa shape index (κ1) is 24.9. The quantitative estimate of drug-likeness (QED) is 0.165. The summed E-state index contributed by atoms with van der Waals surface area (Å²) in [4.78, 5) is 44.1. The van der Waals surface area contributed by atoms with Crippen LogP contribution in [0.5, 0.6) is 0 Å². The van der Waals surface area contributed by atoms with Gasteiger partial charge in [0.1, 0.15) is 34.9 Å². The average Bonchev–Trinajstić information content (AvgIpc) is 3.36. The predicted octanol–water partition coefficient (Wildman–Crippen LogP) is 5.01. The normalized spacial score (nSPS) is 16.9. The SMILES string of the molecule is C=CCOC(=O)c1sc(N2C(=O)C(=O)C(=C(O)c3ccc(C)c(F)c3)C2c2ccccc2F)nc1C. The van der Waals surface area contributed by atoms with Crippen molar-refractivity contribution in [2.75, 3.05) is 11.5 Å². The van der Waals surface area contributed by atoms with E-state index in [1.807, 2.05) is 0 Å². The van der Waals surface area contributed by atoms with Crippen LogP contribution in [0.15, 0.2) is 60.7 Å². The van der Waals surface area contributed by atoms with E-state index in [2.05, 4.69) is 11.6 Å². The van der Waals surface area contributed by atoms with Gasteiger partial charge in [-0.05, 0) is 31.5 Å². The number of benzene rings is 2. The molecule has 36 heavy (non-hydrogen) atoms. The zero-order chi connectivity index (χ0) is 26.1. The number of carbonyl (C=O) groups excluding carboxylic acids is 3. The second kappa shape index (κ2) is 9.82. The zero-order valence-corrected chi connectivity index (χ0v) is 20.1. The Bertz CT molecular complexity index is 1450. The summed E-state index contributed by atoms with van der Waals surface area (Å²) in [7, 11) is 0. The molecular weight excluding hydrogens is 490 g/mol. The molecule has 1 N–H and O–H groups in total. The minimum atomic E-state index is -1.42. The highest BCUT2D eigenvalue weighted by atomic mass is 32.1. The van der Waals surface area contributed by atoms with Gasteiger partial charge in [-0.25, -0.2) is 18.6 Å². The van der Waals surface area contributed by atoms with E-state index in [4.69, 9.17) is 4.74 Å². The van der Waals surface area contributed by atoms with Crippen molar-refractivity contribution in [3.8, 4) is 0 Å². The van der Waals surface area contributed by atoms with Crippen molar-refractivity contribution >= 4 is 39.9 Å². The second-order valence-electron chi connectivity index (χ2n) is 7.95. The average molecular weight is 511 g/mol. The molecule has 2 aromatic carbocycles. The number of carbonyl (C=O) groups is 3.